The van der Waals surface area contributed by atoms with Crippen LogP contribution in [-0.2, 0) is 7.05 Å². The molecular weight excluding hydrogens is 278 g/mol. The molecule has 0 radical (unpaired) electrons. The Labute approximate surface area is 128 Å². The van der Waals surface area contributed by atoms with E-state index in [1.165, 1.54) is 0 Å². The minimum Gasteiger partial charge on any atom is -0.497 e. The molecule has 0 atom stereocenters. The van der Waals surface area contributed by atoms with E-state index in [0.29, 0.717) is 11.1 Å². The number of pyridine rings is 1. The molecule has 2 aromatic carbocycles. The quantitative estimate of drug-likeness (QED) is 0.745. The number of hydrogen-bond acceptors (Lipinski definition) is 3. The van der Waals surface area contributed by atoms with Gasteiger partial charge in [0.2, 0.25) is 0 Å². The first-order valence-corrected chi connectivity index (χ1v) is 6.96. The Hall–Kier alpha value is -2.75. The number of fused-ring (bicyclic) bond motifs is 1. The first kappa shape index (κ1) is 14.2. The van der Waals surface area contributed by atoms with Gasteiger partial charge in [-0.1, -0.05) is 6.07 Å². The van der Waals surface area contributed by atoms with Crippen LogP contribution in [0.3, 0.4) is 0 Å². The third kappa shape index (κ3) is 2.33. The molecule has 0 N–H and O–H groups in total. The Bertz CT molecular complexity index is 879. The summed E-state index contributed by atoms with van der Waals surface area (Å²) >= 11 is 0. The second-order valence-electron chi connectivity index (χ2n) is 5.08. The normalized spacial score (nSPS) is 10.7. The van der Waals surface area contributed by atoms with Gasteiger partial charge in [0.25, 0.3) is 5.56 Å². The van der Waals surface area contributed by atoms with Gasteiger partial charge in [-0.3, -0.25) is 4.79 Å². The van der Waals surface area contributed by atoms with E-state index >= 15 is 0 Å². The zero-order chi connectivity index (χ0) is 15.7. The molecule has 0 aliphatic rings. The molecule has 22 heavy (non-hydrogen) atoms. The molecule has 4 nitrogen and oxygen atoms in total. The summed E-state index contributed by atoms with van der Waals surface area (Å²) < 4.78 is 12.0. The van der Waals surface area contributed by atoms with Crippen molar-refractivity contribution in [2.24, 2.45) is 7.05 Å². The molecule has 4 heteroatoms. The molecule has 0 saturated carbocycles. The van der Waals surface area contributed by atoms with Gasteiger partial charge in [-0.25, -0.2) is 0 Å². The van der Waals surface area contributed by atoms with Gasteiger partial charge in [0.05, 0.1) is 25.3 Å². The van der Waals surface area contributed by atoms with Crippen molar-refractivity contribution < 1.29 is 9.47 Å². The maximum absolute atomic E-state index is 12.6. The summed E-state index contributed by atoms with van der Waals surface area (Å²) in [4.78, 5) is 12.6. The van der Waals surface area contributed by atoms with Crippen molar-refractivity contribution in [2.45, 2.75) is 0 Å². The number of benzene rings is 2. The van der Waals surface area contributed by atoms with E-state index in [4.69, 9.17) is 9.47 Å². The van der Waals surface area contributed by atoms with Gasteiger partial charge in [0, 0.05) is 7.05 Å². The van der Waals surface area contributed by atoms with Crippen LogP contribution < -0.4 is 15.0 Å². The van der Waals surface area contributed by atoms with Crippen LogP contribution in [0.4, 0.5) is 0 Å². The molecule has 1 aromatic heterocycles. The molecule has 112 valence electrons. The monoisotopic (exact) mass is 295 g/mol. The maximum atomic E-state index is 12.6. The second-order valence-corrected chi connectivity index (χ2v) is 5.08. The highest BCUT2D eigenvalue weighted by Crippen LogP contribution is 2.25. The summed E-state index contributed by atoms with van der Waals surface area (Å²) in [7, 11) is 5.01. The van der Waals surface area contributed by atoms with E-state index < -0.39 is 0 Å². The topological polar surface area (TPSA) is 40.5 Å². The van der Waals surface area contributed by atoms with Gasteiger partial charge in [-0.15, -0.1) is 0 Å². The minimum atomic E-state index is -0.0396. The standard InChI is InChI=1S/C18H17NO3/c1-19-17(12-4-7-14(21-2)8-5-12)10-13-6-9-15(22-3)11-16(13)18(19)20/h4-11H,1-3H3. The molecule has 3 aromatic rings. The highest BCUT2D eigenvalue weighted by atomic mass is 16.5. The minimum absolute atomic E-state index is 0.0396. The van der Waals surface area contributed by atoms with Crippen LogP contribution in [0.25, 0.3) is 22.0 Å². The lowest BCUT2D eigenvalue weighted by molar-refractivity contribution is 0.415. The Kier molecular flexibility index (Phi) is 3.59. The number of nitrogens with zero attached hydrogens (tertiary/aromatic N) is 1. The SMILES string of the molecule is COc1ccc(-c2cc3ccc(OC)cc3c(=O)n2C)cc1. The molecule has 0 bridgehead atoms. The van der Waals surface area contributed by atoms with Crippen LogP contribution >= 0.6 is 0 Å². The van der Waals surface area contributed by atoms with Gasteiger partial charge in [0.15, 0.2) is 0 Å². The van der Waals surface area contributed by atoms with E-state index in [-0.39, 0.29) is 5.56 Å². The molecule has 1 heterocycles. The van der Waals surface area contributed by atoms with Gasteiger partial charge in [-0.2, -0.15) is 0 Å². The molecule has 0 fully saturated rings. The molecule has 0 spiro atoms. The fourth-order valence-corrected chi connectivity index (χ4v) is 2.55. The lowest BCUT2D eigenvalue weighted by Gasteiger charge is -2.11. The third-order valence-electron chi connectivity index (χ3n) is 3.83. The Morgan fingerprint density at radius 3 is 2.14 bits per heavy atom. The maximum Gasteiger partial charge on any atom is 0.258 e. The molecule has 0 saturated heterocycles. The van der Waals surface area contributed by atoms with E-state index in [0.717, 1.165) is 22.4 Å². The highest BCUT2D eigenvalue weighted by Gasteiger charge is 2.09. The van der Waals surface area contributed by atoms with Crippen molar-refractivity contribution in [1.29, 1.82) is 0 Å². The molecule has 3 rings (SSSR count). The van der Waals surface area contributed by atoms with E-state index in [1.54, 1.807) is 31.9 Å². The van der Waals surface area contributed by atoms with E-state index in [1.807, 2.05) is 42.5 Å². The Morgan fingerprint density at radius 2 is 1.50 bits per heavy atom. The van der Waals surface area contributed by atoms with Gasteiger partial charge >= 0.3 is 0 Å². The van der Waals surface area contributed by atoms with Crippen molar-refractivity contribution in [2.75, 3.05) is 14.2 Å². The van der Waals surface area contributed by atoms with Crippen molar-refractivity contribution in [1.82, 2.24) is 4.57 Å². The van der Waals surface area contributed by atoms with Crippen LogP contribution in [0, 0.1) is 0 Å². The van der Waals surface area contributed by atoms with Gasteiger partial charge < -0.3 is 14.0 Å². The zero-order valence-electron chi connectivity index (χ0n) is 12.8. The fourth-order valence-electron chi connectivity index (χ4n) is 2.55. The summed E-state index contributed by atoms with van der Waals surface area (Å²) in [6.07, 6.45) is 0. The van der Waals surface area contributed by atoms with Gasteiger partial charge in [0.1, 0.15) is 11.5 Å². The predicted octanol–water partition coefficient (Wildman–Crippen LogP) is 3.22. The molecule has 0 amide bonds. The number of methoxy groups -OCH3 is 2. The first-order valence-electron chi connectivity index (χ1n) is 6.96. The molecule has 0 unspecified atom stereocenters. The summed E-state index contributed by atoms with van der Waals surface area (Å²) in [6.45, 7) is 0. The highest BCUT2D eigenvalue weighted by molar-refractivity contribution is 5.86. The van der Waals surface area contributed by atoms with Crippen LogP contribution in [0.5, 0.6) is 11.5 Å². The third-order valence-corrected chi connectivity index (χ3v) is 3.83. The van der Waals surface area contributed by atoms with E-state index in [9.17, 15) is 4.79 Å². The van der Waals surface area contributed by atoms with Crippen LogP contribution in [-0.4, -0.2) is 18.8 Å². The number of aromatic nitrogens is 1. The summed E-state index contributed by atoms with van der Waals surface area (Å²) in [5.74, 6) is 1.47. The summed E-state index contributed by atoms with van der Waals surface area (Å²) in [5.41, 5.74) is 1.80. The lowest BCUT2D eigenvalue weighted by Crippen LogP contribution is -2.18. The Morgan fingerprint density at radius 1 is 0.864 bits per heavy atom. The van der Waals surface area contributed by atoms with Crippen LogP contribution in [0.2, 0.25) is 0 Å². The van der Waals surface area contributed by atoms with Crippen molar-refractivity contribution >= 4 is 10.8 Å². The van der Waals surface area contributed by atoms with Crippen molar-refractivity contribution in [3.05, 3.63) is 58.9 Å². The van der Waals surface area contributed by atoms with Gasteiger partial charge in [-0.05, 0) is 53.4 Å². The summed E-state index contributed by atoms with van der Waals surface area (Å²) in [5, 5.41) is 1.55. The largest absolute Gasteiger partial charge is 0.497 e. The average Bonchev–Trinajstić information content (AvgIpc) is 2.58. The number of rotatable bonds is 3. The van der Waals surface area contributed by atoms with E-state index in [2.05, 4.69) is 0 Å². The molecular formula is C18H17NO3. The summed E-state index contributed by atoms with van der Waals surface area (Å²) in [6, 6.07) is 15.2. The second kappa shape index (κ2) is 5.56. The lowest BCUT2D eigenvalue weighted by atomic mass is 10.1. The average molecular weight is 295 g/mol. The molecule has 0 aliphatic heterocycles. The van der Waals surface area contributed by atoms with Crippen molar-refractivity contribution in [3.63, 3.8) is 0 Å². The van der Waals surface area contributed by atoms with Crippen molar-refractivity contribution in [3.8, 4) is 22.8 Å². The Balaban J connectivity index is 2.22. The predicted molar refractivity (Wildman–Crippen MR) is 87.7 cm³/mol. The first-order chi connectivity index (χ1) is 10.6. The smallest absolute Gasteiger partial charge is 0.258 e. The number of hydrogen-bond donors (Lipinski definition) is 0. The molecule has 0 aliphatic carbocycles. The fraction of sp³-hybridized carbons (Fsp3) is 0.167. The number of ether oxygens (including phenoxy) is 2. The zero-order valence-corrected chi connectivity index (χ0v) is 12.8. The van der Waals surface area contributed by atoms with Crippen LogP contribution in [0.1, 0.15) is 0 Å². The van der Waals surface area contributed by atoms with Crippen LogP contribution in [0.15, 0.2) is 53.3 Å².